The van der Waals surface area contributed by atoms with Gasteiger partial charge in [-0.05, 0) is 24.7 Å². The van der Waals surface area contributed by atoms with Gasteiger partial charge in [-0.2, -0.15) is 0 Å². The van der Waals surface area contributed by atoms with E-state index in [0.29, 0.717) is 24.7 Å². The normalized spacial score (nSPS) is 26.3. The Labute approximate surface area is 78.7 Å². The lowest BCUT2D eigenvalue weighted by atomic mass is 9.79. The van der Waals surface area contributed by atoms with Crippen molar-refractivity contribution in [3.8, 4) is 0 Å². The third-order valence-corrected chi connectivity index (χ3v) is 3.08. The molecular formula is C10H19F2N. The molecule has 0 spiro atoms. The molecule has 0 amide bonds. The zero-order chi connectivity index (χ0) is 10.1. The predicted molar refractivity (Wildman–Crippen MR) is 49.7 cm³/mol. The molecule has 1 rings (SSSR count). The average Bonchev–Trinajstić information content (AvgIpc) is 2.03. The van der Waals surface area contributed by atoms with Crippen molar-refractivity contribution in [2.24, 2.45) is 17.6 Å². The summed E-state index contributed by atoms with van der Waals surface area (Å²) in [5.74, 6) is -1.72. The first-order valence-electron chi connectivity index (χ1n) is 5.06. The van der Waals surface area contributed by atoms with Gasteiger partial charge in [0.2, 0.25) is 5.92 Å². The summed E-state index contributed by atoms with van der Waals surface area (Å²) in [7, 11) is 0. The summed E-state index contributed by atoms with van der Waals surface area (Å²) < 4.78 is 25.6. The largest absolute Gasteiger partial charge is 0.327 e. The van der Waals surface area contributed by atoms with Gasteiger partial charge in [0.15, 0.2) is 0 Å². The van der Waals surface area contributed by atoms with Crippen LogP contribution in [0.3, 0.4) is 0 Å². The first kappa shape index (κ1) is 10.9. The summed E-state index contributed by atoms with van der Waals surface area (Å²) in [4.78, 5) is 0. The van der Waals surface area contributed by atoms with Gasteiger partial charge in [-0.25, -0.2) is 8.78 Å². The lowest BCUT2D eigenvalue weighted by Crippen LogP contribution is -2.39. The van der Waals surface area contributed by atoms with Gasteiger partial charge in [0.05, 0.1) is 0 Å². The number of alkyl halides is 2. The Hall–Kier alpha value is -0.180. The quantitative estimate of drug-likeness (QED) is 0.713. The number of nitrogens with two attached hydrogens (primary N) is 1. The molecule has 1 aliphatic carbocycles. The van der Waals surface area contributed by atoms with Crippen LogP contribution in [0.25, 0.3) is 0 Å². The molecule has 0 radical (unpaired) electrons. The van der Waals surface area contributed by atoms with Crippen LogP contribution in [-0.4, -0.2) is 12.0 Å². The van der Waals surface area contributed by atoms with E-state index in [1.165, 1.54) is 0 Å². The number of halogens is 2. The van der Waals surface area contributed by atoms with Gasteiger partial charge in [-0.15, -0.1) is 0 Å². The predicted octanol–water partition coefficient (Wildman–Crippen LogP) is 2.80. The molecule has 13 heavy (non-hydrogen) atoms. The fourth-order valence-electron chi connectivity index (χ4n) is 1.99. The number of hydrogen-bond acceptors (Lipinski definition) is 1. The third-order valence-electron chi connectivity index (χ3n) is 3.08. The Morgan fingerprint density at radius 1 is 1.23 bits per heavy atom. The molecule has 0 aromatic carbocycles. The molecule has 0 aliphatic heterocycles. The highest BCUT2D eigenvalue weighted by atomic mass is 19.3. The van der Waals surface area contributed by atoms with Crippen LogP contribution in [0.1, 0.15) is 39.5 Å². The van der Waals surface area contributed by atoms with Gasteiger partial charge in [-0.1, -0.05) is 13.8 Å². The molecule has 78 valence electrons. The summed E-state index contributed by atoms with van der Waals surface area (Å²) in [6.45, 7) is 4.11. The van der Waals surface area contributed by atoms with E-state index in [1.807, 2.05) is 0 Å². The van der Waals surface area contributed by atoms with E-state index in [-0.39, 0.29) is 18.9 Å². The van der Waals surface area contributed by atoms with Crippen molar-refractivity contribution >= 4 is 0 Å². The molecule has 1 unspecified atom stereocenters. The average molecular weight is 191 g/mol. The highest BCUT2D eigenvalue weighted by Crippen LogP contribution is 2.38. The maximum absolute atomic E-state index is 12.8. The van der Waals surface area contributed by atoms with E-state index < -0.39 is 5.92 Å². The van der Waals surface area contributed by atoms with Crippen LogP contribution >= 0.6 is 0 Å². The second-order valence-electron chi connectivity index (χ2n) is 4.51. The van der Waals surface area contributed by atoms with Crippen molar-refractivity contribution in [2.75, 3.05) is 0 Å². The van der Waals surface area contributed by atoms with E-state index >= 15 is 0 Å². The van der Waals surface area contributed by atoms with Gasteiger partial charge < -0.3 is 5.73 Å². The Morgan fingerprint density at radius 2 is 1.69 bits per heavy atom. The number of rotatable bonds is 2. The molecule has 0 aromatic rings. The van der Waals surface area contributed by atoms with Crippen molar-refractivity contribution in [3.63, 3.8) is 0 Å². The third kappa shape index (κ3) is 2.90. The SMILES string of the molecule is CC(C)C(N)C1CCC(F)(F)CC1. The summed E-state index contributed by atoms with van der Waals surface area (Å²) in [5, 5.41) is 0. The van der Waals surface area contributed by atoms with Gasteiger partial charge in [0.1, 0.15) is 0 Å². The minimum absolute atomic E-state index is 0.0259. The summed E-state index contributed by atoms with van der Waals surface area (Å²) in [6, 6.07) is 0.0936. The van der Waals surface area contributed by atoms with Crippen LogP contribution in [0.15, 0.2) is 0 Å². The molecular weight excluding hydrogens is 172 g/mol. The Bertz CT molecular complexity index is 158. The van der Waals surface area contributed by atoms with E-state index in [0.717, 1.165) is 0 Å². The standard InChI is InChI=1S/C10H19F2N/c1-7(2)9(13)8-3-5-10(11,12)6-4-8/h7-9H,3-6,13H2,1-2H3. The van der Waals surface area contributed by atoms with E-state index in [1.54, 1.807) is 0 Å². The topological polar surface area (TPSA) is 26.0 Å². The second kappa shape index (κ2) is 3.91. The molecule has 1 nitrogen and oxygen atoms in total. The molecule has 1 fully saturated rings. The lowest BCUT2D eigenvalue weighted by molar-refractivity contribution is -0.0497. The Morgan fingerprint density at radius 3 is 2.08 bits per heavy atom. The van der Waals surface area contributed by atoms with Crippen molar-refractivity contribution in [1.82, 2.24) is 0 Å². The second-order valence-corrected chi connectivity index (χ2v) is 4.51. The highest BCUT2D eigenvalue weighted by molar-refractivity contribution is 4.84. The first-order valence-corrected chi connectivity index (χ1v) is 5.06. The molecule has 0 heterocycles. The Kier molecular flexibility index (Phi) is 3.28. The van der Waals surface area contributed by atoms with Crippen LogP contribution in [0.2, 0.25) is 0 Å². The van der Waals surface area contributed by atoms with Crippen molar-refractivity contribution in [1.29, 1.82) is 0 Å². The van der Waals surface area contributed by atoms with Gasteiger partial charge in [-0.3, -0.25) is 0 Å². The van der Waals surface area contributed by atoms with Crippen molar-refractivity contribution < 1.29 is 8.78 Å². The summed E-state index contributed by atoms with van der Waals surface area (Å²) in [6.07, 6.45) is 1.23. The smallest absolute Gasteiger partial charge is 0.248 e. The lowest BCUT2D eigenvalue weighted by Gasteiger charge is -2.33. The van der Waals surface area contributed by atoms with Gasteiger partial charge >= 0.3 is 0 Å². The molecule has 0 aromatic heterocycles. The van der Waals surface area contributed by atoms with E-state index in [2.05, 4.69) is 13.8 Å². The van der Waals surface area contributed by atoms with Crippen molar-refractivity contribution in [3.05, 3.63) is 0 Å². The first-order chi connectivity index (χ1) is 5.92. The maximum atomic E-state index is 12.8. The molecule has 0 saturated heterocycles. The fraction of sp³-hybridized carbons (Fsp3) is 1.00. The summed E-state index contributed by atoms with van der Waals surface area (Å²) in [5.41, 5.74) is 5.93. The van der Waals surface area contributed by atoms with E-state index in [9.17, 15) is 8.78 Å². The van der Waals surface area contributed by atoms with Crippen LogP contribution in [0.5, 0.6) is 0 Å². The maximum Gasteiger partial charge on any atom is 0.248 e. The minimum Gasteiger partial charge on any atom is -0.327 e. The highest BCUT2D eigenvalue weighted by Gasteiger charge is 2.37. The molecule has 0 bridgehead atoms. The van der Waals surface area contributed by atoms with Crippen LogP contribution in [0.4, 0.5) is 8.78 Å². The van der Waals surface area contributed by atoms with Gasteiger partial charge in [0, 0.05) is 18.9 Å². The van der Waals surface area contributed by atoms with Crippen LogP contribution in [-0.2, 0) is 0 Å². The molecule has 2 N–H and O–H groups in total. The molecule has 3 heteroatoms. The van der Waals surface area contributed by atoms with Gasteiger partial charge in [0.25, 0.3) is 0 Å². The van der Waals surface area contributed by atoms with Crippen LogP contribution < -0.4 is 5.73 Å². The molecule has 1 saturated carbocycles. The number of hydrogen-bond donors (Lipinski definition) is 1. The van der Waals surface area contributed by atoms with Crippen LogP contribution in [0, 0.1) is 11.8 Å². The summed E-state index contributed by atoms with van der Waals surface area (Å²) >= 11 is 0. The monoisotopic (exact) mass is 191 g/mol. The Balaban J connectivity index is 2.41. The fourth-order valence-corrected chi connectivity index (χ4v) is 1.99. The zero-order valence-electron chi connectivity index (χ0n) is 8.39. The van der Waals surface area contributed by atoms with Crippen molar-refractivity contribution in [2.45, 2.75) is 51.5 Å². The minimum atomic E-state index is -2.42. The van der Waals surface area contributed by atoms with E-state index in [4.69, 9.17) is 5.73 Å². The molecule has 1 atom stereocenters. The zero-order valence-corrected chi connectivity index (χ0v) is 8.39. The molecule has 1 aliphatic rings.